The fourth-order valence-corrected chi connectivity index (χ4v) is 4.78. The number of thiophene rings is 1. The summed E-state index contributed by atoms with van der Waals surface area (Å²) in [5, 5.41) is 2.23. The quantitative estimate of drug-likeness (QED) is 0.644. The third kappa shape index (κ3) is 3.70. The van der Waals surface area contributed by atoms with Crippen LogP contribution in [0.5, 0.6) is 0 Å². The van der Waals surface area contributed by atoms with E-state index in [4.69, 9.17) is 23.2 Å². The van der Waals surface area contributed by atoms with Gasteiger partial charge in [-0.1, -0.05) is 53.5 Å². The summed E-state index contributed by atoms with van der Waals surface area (Å²) in [6.45, 7) is 0. The number of halogens is 2. The zero-order chi connectivity index (χ0) is 16.4. The van der Waals surface area contributed by atoms with Crippen LogP contribution in [0.2, 0.25) is 10.0 Å². The Labute approximate surface area is 148 Å². The van der Waals surface area contributed by atoms with E-state index < -0.39 is 10.0 Å². The van der Waals surface area contributed by atoms with Crippen LogP contribution in [0.3, 0.4) is 0 Å². The Hall–Kier alpha value is -1.53. The van der Waals surface area contributed by atoms with Crippen molar-refractivity contribution in [1.29, 1.82) is 0 Å². The molecule has 23 heavy (non-hydrogen) atoms. The molecule has 2 aromatic carbocycles. The van der Waals surface area contributed by atoms with Crippen LogP contribution < -0.4 is 4.72 Å². The van der Waals surface area contributed by atoms with Crippen LogP contribution in [0.4, 0.5) is 5.69 Å². The van der Waals surface area contributed by atoms with E-state index in [1.54, 1.807) is 11.4 Å². The van der Waals surface area contributed by atoms with Crippen LogP contribution >= 0.6 is 34.5 Å². The Morgan fingerprint density at radius 3 is 2.39 bits per heavy atom. The average Bonchev–Trinajstić information content (AvgIpc) is 2.95. The van der Waals surface area contributed by atoms with Crippen molar-refractivity contribution in [3.05, 3.63) is 70.0 Å². The first kappa shape index (κ1) is 16.3. The SMILES string of the molecule is O=S(=O)(Nc1csc(-c2ccccc2)c1)c1ccc(Cl)cc1Cl. The van der Waals surface area contributed by atoms with Gasteiger partial charge in [0.25, 0.3) is 10.0 Å². The number of hydrogen-bond acceptors (Lipinski definition) is 3. The van der Waals surface area contributed by atoms with Crippen molar-refractivity contribution in [3.8, 4) is 10.4 Å². The third-order valence-corrected chi connectivity index (χ3v) is 6.17. The lowest BCUT2D eigenvalue weighted by molar-refractivity contribution is 0.601. The molecule has 1 heterocycles. The molecule has 0 bridgehead atoms. The summed E-state index contributed by atoms with van der Waals surface area (Å²) in [6, 6.07) is 15.8. The van der Waals surface area contributed by atoms with E-state index in [0.29, 0.717) is 10.7 Å². The number of benzene rings is 2. The first-order valence-electron chi connectivity index (χ1n) is 6.57. The van der Waals surface area contributed by atoms with Gasteiger partial charge in [-0.05, 0) is 29.8 Å². The van der Waals surface area contributed by atoms with Crippen molar-refractivity contribution < 1.29 is 8.42 Å². The van der Waals surface area contributed by atoms with Gasteiger partial charge in [0.2, 0.25) is 0 Å². The highest BCUT2D eigenvalue weighted by Gasteiger charge is 2.19. The molecular weight excluding hydrogens is 373 g/mol. The smallest absolute Gasteiger partial charge is 0.263 e. The minimum Gasteiger partial charge on any atom is -0.279 e. The molecule has 0 radical (unpaired) electrons. The van der Waals surface area contributed by atoms with Crippen molar-refractivity contribution in [2.24, 2.45) is 0 Å². The van der Waals surface area contributed by atoms with Crippen molar-refractivity contribution in [1.82, 2.24) is 0 Å². The van der Waals surface area contributed by atoms with Gasteiger partial charge in [0.15, 0.2) is 0 Å². The highest BCUT2D eigenvalue weighted by molar-refractivity contribution is 7.92. The first-order chi connectivity index (χ1) is 11.0. The van der Waals surface area contributed by atoms with Crippen molar-refractivity contribution in [2.75, 3.05) is 4.72 Å². The van der Waals surface area contributed by atoms with E-state index in [0.717, 1.165) is 10.4 Å². The fourth-order valence-electron chi connectivity index (χ4n) is 2.05. The fraction of sp³-hybridized carbons (Fsp3) is 0. The van der Waals surface area contributed by atoms with E-state index in [-0.39, 0.29) is 9.92 Å². The molecule has 0 unspecified atom stereocenters. The molecule has 3 nitrogen and oxygen atoms in total. The lowest BCUT2D eigenvalue weighted by Crippen LogP contribution is -2.12. The zero-order valence-corrected chi connectivity index (χ0v) is 14.8. The molecule has 3 rings (SSSR count). The third-order valence-electron chi connectivity index (χ3n) is 3.09. The van der Waals surface area contributed by atoms with Crippen LogP contribution in [-0.2, 0) is 10.0 Å². The van der Waals surface area contributed by atoms with Gasteiger partial charge >= 0.3 is 0 Å². The second-order valence-electron chi connectivity index (χ2n) is 4.75. The second-order valence-corrected chi connectivity index (χ2v) is 8.15. The maximum absolute atomic E-state index is 12.4. The predicted molar refractivity (Wildman–Crippen MR) is 97.0 cm³/mol. The molecule has 0 aliphatic rings. The number of nitrogens with one attached hydrogen (secondary N) is 1. The van der Waals surface area contributed by atoms with Gasteiger partial charge in [-0.2, -0.15) is 0 Å². The Balaban J connectivity index is 1.88. The second kappa shape index (κ2) is 6.53. The molecule has 0 atom stereocenters. The highest BCUT2D eigenvalue weighted by Crippen LogP contribution is 2.32. The van der Waals surface area contributed by atoms with Gasteiger partial charge in [0.05, 0.1) is 10.7 Å². The molecule has 1 aromatic heterocycles. The number of hydrogen-bond donors (Lipinski definition) is 1. The molecule has 0 fully saturated rings. The predicted octanol–water partition coefficient (Wildman–Crippen LogP) is 5.52. The van der Waals surface area contributed by atoms with Crippen LogP contribution in [-0.4, -0.2) is 8.42 Å². The molecule has 0 amide bonds. The summed E-state index contributed by atoms with van der Waals surface area (Å²) < 4.78 is 27.4. The summed E-state index contributed by atoms with van der Waals surface area (Å²) in [7, 11) is -3.76. The van der Waals surface area contributed by atoms with Gasteiger partial charge in [0, 0.05) is 15.3 Å². The van der Waals surface area contributed by atoms with E-state index >= 15 is 0 Å². The Kier molecular flexibility index (Phi) is 4.64. The molecule has 3 aromatic rings. The first-order valence-corrected chi connectivity index (χ1v) is 9.69. The number of sulfonamides is 1. The summed E-state index contributed by atoms with van der Waals surface area (Å²) in [5.74, 6) is 0. The van der Waals surface area contributed by atoms with Crippen LogP contribution in [0.25, 0.3) is 10.4 Å². The monoisotopic (exact) mass is 383 g/mol. The molecular formula is C16H11Cl2NO2S2. The lowest BCUT2D eigenvalue weighted by Gasteiger charge is -2.08. The lowest BCUT2D eigenvalue weighted by atomic mass is 10.2. The molecule has 1 N–H and O–H groups in total. The highest BCUT2D eigenvalue weighted by atomic mass is 35.5. The van der Waals surface area contributed by atoms with Crippen LogP contribution in [0.1, 0.15) is 0 Å². The van der Waals surface area contributed by atoms with Gasteiger partial charge in [-0.3, -0.25) is 4.72 Å². The maximum atomic E-state index is 12.4. The Morgan fingerprint density at radius 1 is 0.957 bits per heavy atom. The largest absolute Gasteiger partial charge is 0.279 e. The summed E-state index contributed by atoms with van der Waals surface area (Å²) in [4.78, 5) is 0.974. The standard InChI is InChI=1S/C16H11Cl2NO2S2/c17-12-6-7-16(14(18)8-12)23(20,21)19-13-9-15(22-10-13)11-4-2-1-3-5-11/h1-10,19H. The number of anilines is 1. The summed E-state index contributed by atoms with van der Waals surface area (Å²) >= 11 is 13.2. The van der Waals surface area contributed by atoms with Gasteiger partial charge in [-0.25, -0.2) is 8.42 Å². The van der Waals surface area contributed by atoms with Crippen LogP contribution in [0.15, 0.2) is 64.9 Å². The van der Waals surface area contributed by atoms with Gasteiger partial charge in [0.1, 0.15) is 4.90 Å². The molecule has 7 heteroatoms. The van der Waals surface area contributed by atoms with E-state index in [9.17, 15) is 8.42 Å². The molecule has 0 spiro atoms. The average molecular weight is 384 g/mol. The Morgan fingerprint density at radius 2 is 1.70 bits per heavy atom. The summed E-state index contributed by atoms with van der Waals surface area (Å²) in [5.41, 5.74) is 1.53. The zero-order valence-electron chi connectivity index (χ0n) is 11.7. The summed E-state index contributed by atoms with van der Waals surface area (Å²) in [6.07, 6.45) is 0. The maximum Gasteiger partial charge on any atom is 0.263 e. The minimum absolute atomic E-state index is 0.00368. The van der Waals surface area contributed by atoms with E-state index in [1.165, 1.54) is 29.5 Å². The molecule has 0 aliphatic carbocycles. The number of rotatable bonds is 4. The minimum atomic E-state index is -3.76. The van der Waals surface area contributed by atoms with Gasteiger partial charge in [-0.15, -0.1) is 11.3 Å². The Bertz CT molecular complexity index is 938. The molecule has 0 saturated carbocycles. The van der Waals surface area contributed by atoms with E-state index in [2.05, 4.69) is 4.72 Å². The van der Waals surface area contributed by atoms with Gasteiger partial charge < -0.3 is 0 Å². The normalized spacial score (nSPS) is 11.4. The van der Waals surface area contributed by atoms with Crippen molar-refractivity contribution >= 4 is 50.2 Å². The molecule has 0 saturated heterocycles. The van der Waals surface area contributed by atoms with E-state index in [1.807, 2.05) is 30.3 Å². The molecule has 118 valence electrons. The van der Waals surface area contributed by atoms with Crippen molar-refractivity contribution in [3.63, 3.8) is 0 Å². The topological polar surface area (TPSA) is 46.2 Å². The van der Waals surface area contributed by atoms with Crippen molar-refractivity contribution in [2.45, 2.75) is 4.90 Å². The molecule has 0 aliphatic heterocycles. The van der Waals surface area contributed by atoms with Crippen LogP contribution in [0, 0.1) is 0 Å².